The van der Waals surface area contributed by atoms with Crippen molar-refractivity contribution in [1.29, 1.82) is 0 Å². The molecule has 5 heteroatoms. The first-order valence-corrected chi connectivity index (χ1v) is 15.3. The van der Waals surface area contributed by atoms with E-state index in [9.17, 15) is 14.7 Å². The molecule has 0 radical (unpaired) electrons. The summed E-state index contributed by atoms with van der Waals surface area (Å²) in [5, 5.41) is 18.3. The number of carbonyl (C=O) groups excluding carboxylic acids is 2. The largest absolute Gasteiger partial charge is 0.393 e. The van der Waals surface area contributed by atoms with E-state index in [0.717, 1.165) is 44.9 Å². The van der Waals surface area contributed by atoms with Gasteiger partial charge in [0.25, 0.3) is 0 Å². The van der Waals surface area contributed by atoms with Crippen molar-refractivity contribution in [3.63, 3.8) is 0 Å². The molecule has 36 heavy (non-hydrogen) atoms. The molecular weight excluding hydrogens is 452 g/mol. The van der Waals surface area contributed by atoms with Gasteiger partial charge in [0.15, 0.2) is 6.10 Å². The van der Waals surface area contributed by atoms with Gasteiger partial charge in [0, 0.05) is 0 Å². The Morgan fingerprint density at radius 3 is 1.42 bits per heavy atom. The predicted octanol–water partition coefficient (Wildman–Crippen LogP) is 8.20. The van der Waals surface area contributed by atoms with Gasteiger partial charge in [-0.3, -0.25) is 4.79 Å². The van der Waals surface area contributed by atoms with Crippen LogP contribution in [0.4, 0.5) is 0 Å². The Bertz CT molecular complexity index is 531. The van der Waals surface area contributed by atoms with Crippen molar-refractivity contribution in [2.45, 2.75) is 161 Å². The van der Waals surface area contributed by atoms with Crippen molar-refractivity contribution in [3.8, 4) is 0 Å². The summed E-state index contributed by atoms with van der Waals surface area (Å²) in [6.45, 7) is 3.74. The van der Waals surface area contributed by atoms with Crippen molar-refractivity contribution < 1.29 is 24.5 Å². The van der Waals surface area contributed by atoms with E-state index in [-0.39, 0.29) is 5.92 Å². The monoisotopic (exact) mass is 510 g/mol. The van der Waals surface area contributed by atoms with Crippen molar-refractivity contribution in [1.82, 2.24) is 0 Å². The van der Waals surface area contributed by atoms with E-state index in [1.165, 1.54) is 89.9 Å². The van der Waals surface area contributed by atoms with E-state index in [4.69, 9.17) is 9.84 Å². The van der Waals surface area contributed by atoms with E-state index < -0.39 is 24.6 Å². The van der Waals surface area contributed by atoms with Crippen LogP contribution >= 0.6 is 0 Å². The fraction of sp³-hybridized carbons (Fsp3) is 0.871. The Kier molecular flexibility index (Phi) is 26.0. The molecule has 0 aromatic heterocycles. The SMILES string of the molecule is CCCCCCCC/C=C\CCCCCCC(CCCCCCCCCC)C(=O)OC(=O)C(O)CO. The van der Waals surface area contributed by atoms with Crippen LogP contribution in [0, 0.1) is 5.92 Å². The first kappa shape index (κ1) is 34.8. The average molecular weight is 511 g/mol. The summed E-state index contributed by atoms with van der Waals surface area (Å²) in [5.74, 6) is -1.90. The molecule has 0 heterocycles. The molecule has 0 aliphatic carbocycles. The molecule has 0 fully saturated rings. The summed E-state index contributed by atoms with van der Waals surface area (Å²) in [4.78, 5) is 24.3. The van der Waals surface area contributed by atoms with Crippen LogP contribution < -0.4 is 0 Å². The second-order valence-corrected chi connectivity index (χ2v) is 10.4. The minimum absolute atomic E-state index is 0.308. The number of esters is 2. The van der Waals surface area contributed by atoms with Gasteiger partial charge < -0.3 is 14.9 Å². The summed E-state index contributed by atoms with van der Waals surface area (Å²) in [7, 11) is 0. The van der Waals surface area contributed by atoms with Gasteiger partial charge >= 0.3 is 11.9 Å². The lowest BCUT2D eigenvalue weighted by molar-refractivity contribution is -0.170. The number of hydrogen-bond acceptors (Lipinski definition) is 5. The van der Waals surface area contributed by atoms with Crippen LogP contribution in [0.5, 0.6) is 0 Å². The Balaban J connectivity index is 4.11. The third-order valence-corrected chi connectivity index (χ3v) is 6.95. The van der Waals surface area contributed by atoms with E-state index >= 15 is 0 Å². The first-order valence-electron chi connectivity index (χ1n) is 15.3. The molecule has 2 N–H and O–H groups in total. The van der Waals surface area contributed by atoms with E-state index in [0.29, 0.717) is 6.42 Å². The summed E-state index contributed by atoms with van der Waals surface area (Å²) < 4.78 is 4.86. The lowest BCUT2D eigenvalue weighted by atomic mass is 9.94. The molecular formula is C31H58O5. The number of carbonyl (C=O) groups is 2. The highest BCUT2D eigenvalue weighted by atomic mass is 16.6. The second-order valence-electron chi connectivity index (χ2n) is 10.4. The van der Waals surface area contributed by atoms with Gasteiger partial charge in [0.1, 0.15) is 0 Å². The minimum Gasteiger partial charge on any atom is -0.393 e. The zero-order valence-electron chi connectivity index (χ0n) is 23.7. The van der Waals surface area contributed by atoms with Gasteiger partial charge in [-0.25, -0.2) is 4.79 Å². The number of hydrogen-bond donors (Lipinski definition) is 2. The van der Waals surface area contributed by atoms with Crippen LogP contribution in [-0.2, 0) is 14.3 Å². The molecule has 0 aromatic carbocycles. The molecule has 0 saturated heterocycles. The van der Waals surface area contributed by atoms with Gasteiger partial charge in [-0.1, -0.05) is 129 Å². The number of aliphatic hydroxyl groups excluding tert-OH is 2. The van der Waals surface area contributed by atoms with Crippen LogP contribution in [-0.4, -0.2) is 34.9 Å². The number of ether oxygens (including phenoxy) is 1. The van der Waals surface area contributed by atoms with Crippen molar-refractivity contribution in [3.05, 3.63) is 12.2 Å². The van der Waals surface area contributed by atoms with Gasteiger partial charge in [-0.05, 0) is 38.5 Å². The van der Waals surface area contributed by atoms with Gasteiger partial charge in [0.2, 0.25) is 0 Å². The van der Waals surface area contributed by atoms with Crippen LogP contribution in [0.3, 0.4) is 0 Å². The fourth-order valence-electron chi connectivity index (χ4n) is 4.51. The molecule has 0 bridgehead atoms. The van der Waals surface area contributed by atoms with Crippen LogP contribution in [0.15, 0.2) is 12.2 Å². The maximum Gasteiger partial charge on any atom is 0.345 e. The quantitative estimate of drug-likeness (QED) is 0.0530. The number of rotatable bonds is 26. The molecule has 212 valence electrons. The van der Waals surface area contributed by atoms with Crippen LogP contribution in [0.25, 0.3) is 0 Å². The topological polar surface area (TPSA) is 83.8 Å². The van der Waals surface area contributed by atoms with E-state index in [1.54, 1.807) is 0 Å². The van der Waals surface area contributed by atoms with Gasteiger partial charge in [-0.2, -0.15) is 0 Å². The van der Waals surface area contributed by atoms with E-state index in [1.807, 2.05) is 0 Å². The summed E-state index contributed by atoms with van der Waals surface area (Å²) >= 11 is 0. The highest BCUT2D eigenvalue weighted by Gasteiger charge is 2.25. The Morgan fingerprint density at radius 2 is 1.00 bits per heavy atom. The summed E-state index contributed by atoms with van der Waals surface area (Å²) in [6.07, 6.45) is 28.7. The lowest BCUT2D eigenvalue weighted by Gasteiger charge is -2.16. The standard InChI is InChI=1S/C31H58O5/c1-3-5-7-9-11-13-14-15-16-17-18-20-22-24-26-28(30(34)36-31(35)29(33)27-32)25-23-21-19-12-10-8-6-4-2/h15-16,28-29,32-33H,3-14,17-27H2,1-2H3/b16-15-. The maximum absolute atomic E-state index is 12.5. The highest BCUT2D eigenvalue weighted by Crippen LogP contribution is 2.21. The average Bonchev–Trinajstić information content (AvgIpc) is 2.88. The van der Waals surface area contributed by atoms with Gasteiger partial charge in [-0.15, -0.1) is 0 Å². The highest BCUT2D eigenvalue weighted by molar-refractivity contribution is 5.88. The third-order valence-electron chi connectivity index (χ3n) is 6.95. The third kappa shape index (κ3) is 22.0. The fourth-order valence-corrected chi connectivity index (χ4v) is 4.51. The summed E-state index contributed by atoms with van der Waals surface area (Å²) in [5.41, 5.74) is 0. The molecule has 0 saturated carbocycles. The Labute approximate surface area is 222 Å². The minimum atomic E-state index is -1.65. The lowest BCUT2D eigenvalue weighted by Crippen LogP contribution is -2.31. The van der Waals surface area contributed by atoms with Crippen LogP contribution in [0.1, 0.15) is 155 Å². The zero-order chi connectivity index (χ0) is 26.7. The second kappa shape index (κ2) is 26.9. The molecule has 0 amide bonds. The molecule has 0 spiro atoms. The zero-order valence-corrected chi connectivity index (χ0v) is 23.7. The predicted molar refractivity (Wildman–Crippen MR) is 150 cm³/mol. The number of unbranched alkanes of at least 4 members (excludes halogenated alkanes) is 17. The van der Waals surface area contributed by atoms with Crippen LogP contribution in [0.2, 0.25) is 0 Å². The molecule has 2 atom stereocenters. The normalized spacial score (nSPS) is 13.2. The number of aliphatic hydroxyl groups is 2. The maximum atomic E-state index is 12.5. The molecule has 0 aliphatic heterocycles. The smallest absolute Gasteiger partial charge is 0.345 e. The summed E-state index contributed by atoms with van der Waals surface area (Å²) in [6, 6.07) is 0. The van der Waals surface area contributed by atoms with Crippen molar-refractivity contribution >= 4 is 11.9 Å². The van der Waals surface area contributed by atoms with Gasteiger partial charge in [0.05, 0.1) is 12.5 Å². The Morgan fingerprint density at radius 1 is 0.611 bits per heavy atom. The van der Waals surface area contributed by atoms with E-state index in [2.05, 4.69) is 26.0 Å². The molecule has 0 rings (SSSR count). The number of allylic oxidation sites excluding steroid dienone is 2. The first-order chi connectivity index (χ1) is 17.6. The molecule has 5 nitrogen and oxygen atoms in total. The molecule has 2 unspecified atom stereocenters. The molecule has 0 aliphatic rings. The molecule has 0 aromatic rings. The van der Waals surface area contributed by atoms with Crippen molar-refractivity contribution in [2.75, 3.05) is 6.61 Å². The van der Waals surface area contributed by atoms with Crippen molar-refractivity contribution in [2.24, 2.45) is 5.92 Å². The Hall–Kier alpha value is -1.20.